The Morgan fingerprint density at radius 2 is 1.79 bits per heavy atom. The number of H-pyrrole nitrogens is 1. The number of hydrogen-bond donors (Lipinski definition) is 4. The van der Waals surface area contributed by atoms with Crippen LogP contribution in [-0.2, 0) is 6.42 Å². The molecule has 3 unspecified atom stereocenters. The van der Waals surface area contributed by atoms with Crippen molar-refractivity contribution in [1.29, 1.82) is 0 Å². The molecular formula is C43H70N4S. The zero-order valence-corrected chi connectivity index (χ0v) is 32.6. The lowest BCUT2D eigenvalue weighted by atomic mass is 9.75. The molecule has 0 bridgehead atoms. The first-order valence-corrected chi connectivity index (χ1v) is 19.6. The van der Waals surface area contributed by atoms with Gasteiger partial charge in [-0.2, -0.15) is 0 Å². The Hall–Kier alpha value is -2.47. The van der Waals surface area contributed by atoms with Gasteiger partial charge >= 0.3 is 0 Å². The van der Waals surface area contributed by atoms with Crippen LogP contribution in [-0.4, -0.2) is 49.7 Å². The number of piperidine rings is 1. The standard InChI is InChI=1S/C29H41N3S.C8H17N.C4H6.C2H6/c1-5-7-9-10-21(3)28(22-11-13-23(14-12-22)31-18-8-6-2)29-25(17-19-30-4)26-20-24(33)15-16-27(26)32-29;1-2-6-9-7-4-3-5-8-9;1-4-2-3-4;1-2/h5,7,9-11,13-16,20-22,28,30-33H,6,8,12,17-19H2,1-4H3;2-8H2,1H3;1-3H2;1-2H3/b7-5+,10-9+;;;. The third-order valence-corrected chi connectivity index (χ3v) is 9.49. The van der Waals surface area contributed by atoms with Crippen molar-refractivity contribution >= 4 is 23.5 Å². The molecule has 3 atom stereocenters. The van der Waals surface area contributed by atoms with E-state index in [-0.39, 0.29) is 0 Å². The van der Waals surface area contributed by atoms with Crippen LogP contribution in [0.5, 0.6) is 0 Å². The molecule has 2 aliphatic carbocycles. The fourth-order valence-corrected chi connectivity index (χ4v) is 6.63. The number of allylic oxidation sites excluding steroid dienone is 8. The lowest BCUT2D eigenvalue weighted by Crippen LogP contribution is -2.30. The normalized spacial score (nSPS) is 18.7. The highest BCUT2D eigenvalue weighted by atomic mass is 32.1. The van der Waals surface area contributed by atoms with Crippen molar-refractivity contribution in [3.05, 3.63) is 89.8 Å². The minimum absolute atomic E-state index is 0.374. The molecule has 1 aromatic carbocycles. The average molecular weight is 675 g/mol. The van der Waals surface area contributed by atoms with E-state index in [1.165, 1.54) is 104 Å². The van der Waals surface area contributed by atoms with E-state index in [0.717, 1.165) is 30.8 Å². The summed E-state index contributed by atoms with van der Waals surface area (Å²) in [5, 5.41) is 8.24. The van der Waals surface area contributed by atoms with Gasteiger partial charge in [0.05, 0.1) is 0 Å². The minimum atomic E-state index is 0.374. The SMILES string of the molecule is C/C=C/C=C/C(C)C(c1[nH]c2ccc(S)cc2c1CCNC)C1C=CC(NCCCC)=CC1.C=C1CC1.CC.CCCN1CCCCC1. The molecule has 1 saturated carbocycles. The molecule has 2 heterocycles. The second-order valence-corrected chi connectivity index (χ2v) is 13.8. The number of hydrogen-bond acceptors (Lipinski definition) is 4. The van der Waals surface area contributed by atoms with Crippen LogP contribution in [0.4, 0.5) is 0 Å². The van der Waals surface area contributed by atoms with Crippen LogP contribution in [0.2, 0.25) is 0 Å². The van der Waals surface area contributed by atoms with Gasteiger partial charge in [0.25, 0.3) is 0 Å². The monoisotopic (exact) mass is 675 g/mol. The van der Waals surface area contributed by atoms with Gasteiger partial charge in [-0.25, -0.2) is 0 Å². The Morgan fingerprint density at radius 3 is 2.38 bits per heavy atom. The number of likely N-dealkylation sites (tertiary alicyclic amines) is 1. The molecule has 0 radical (unpaired) electrons. The van der Waals surface area contributed by atoms with Gasteiger partial charge in [0.2, 0.25) is 0 Å². The number of aromatic amines is 1. The molecule has 3 aliphatic rings. The van der Waals surface area contributed by atoms with Crippen molar-refractivity contribution in [2.45, 2.75) is 117 Å². The molecule has 1 saturated heterocycles. The van der Waals surface area contributed by atoms with Gasteiger partial charge in [0.1, 0.15) is 0 Å². The maximum Gasteiger partial charge on any atom is 0.0459 e. The number of nitrogens with one attached hydrogen (secondary N) is 3. The Kier molecular flexibility index (Phi) is 21.4. The lowest BCUT2D eigenvalue weighted by molar-refractivity contribution is 0.229. The molecule has 5 rings (SSSR count). The second-order valence-electron chi connectivity index (χ2n) is 13.2. The van der Waals surface area contributed by atoms with E-state index in [9.17, 15) is 0 Å². The van der Waals surface area contributed by atoms with E-state index < -0.39 is 0 Å². The third-order valence-electron chi connectivity index (χ3n) is 9.21. The van der Waals surface area contributed by atoms with Gasteiger partial charge in [0.15, 0.2) is 0 Å². The summed E-state index contributed by atoms with van der Waals surface area (Å²) in [6, 6.07) is 6.47. The number of likely N-dealkylation sites (N-methyl/N-ethyl adjacent to an activating group) is 1. The van der Waals surface area contributed by atoms with Crippen molar-refractivity contribution in [3.8, 4) is 0 Å². The highest BCUT2D eigenvalue weighted by molar-refractivity contribution is 7.80. The van der Waals surface area contributed by atoms with Gasteiger partial charge in [-0.05, 0) is 133 Å². The van der Waals surface area contributed by atoms with Crippen LogP contribution < -0.4 is 10.6 Å². The molecule has 3 N–H and O–H groups in total. The number of aromatic nitrogens is 1. The Balaban J connectivity index is 0.000000437. The van der Waals surface area contributed by atoms with Crippen molar-refractivity contribution in [2.24, 2.45) is 11.8 Å². The van der Waals surface area contributed by atoms with E-state index in [0.29, 0.717) is 17.8 Å². The average Bonchev–Trinajstić information content (AvgIpc) is 3.82. The number of thiol groups is 1. The summed E-state index contributed by atoms with van der Waals surface area (Å²) in [4.78, 5) is 7.42. The predicted molar refractivity (Wildman–Crippen MR) is 218 cm³/mol. The Labute approximate surface area is 301 Å². The highest BCUT2D eigenvalue weighted by Gasteiger charge is 2.30. The van der Waals surface area contributed by atoms with Gasteiger partial charge in [-0.15, -0.1) is 12.6 Å². The van der Waals surface area contributed by atoms with E-state index in [1.807, 2.05) is 20.9 Å². The number of benzene rings is 1. The van der Waals surface area contributed by atoms with Gasteiger partial charge < -0.3 is 20.5 Å². The number of unbranched alkanes of at least 4 members (excludes halogenated alkanes) is 1. The molecule has 2 fully saturated rings. The second kappa shape index (κ2) is 24.6. The summed E-state index contributed by atoms with van der Waals surface area (Å²) in [5.74, 6) is 1.22. The van der Waals surface area contributed by atoms with Gasteiger partial charge in [-0.3, -0.25) is 0 Å². The van der Waals surface area contributed by atoms with Crippen LogP contribution in [0.15, 0.2) is 83.5 Å². The first-order chi connectivity index (χ1) is 23.4. The largest absolute Gasteiger partial charge is 0.385 e. The van der Waals surface area contributed by atoms with E-state index in [2.05, 4.69) is 128 Å². The van der Waals surface area contributed by atoms with Crippen molar-refractivity contribution in [1.82, 2.24) is 20.5 Å². The van der Waals surface area contributed by atoms with Gasteiger partial charge in [-0.1, -0.05) is 96.1 Å². The fraction of sp³-hybridized carbons (Fsp3) is 0.581. The molecule has 0 spiro atoms. The Bertz CT molecular complexity index is 1280. The van der Waals surface area contributed by atoms with Crippen LogP contribution in [0.1, 0.15) is 117 Å². The van der Waals surface area contributed by atoms with Crippen molar-refractivity contribution < 1.29 is 0 Å². The summed E-state index contributed by atoms with van der Waals surface area (Å²) in [5.41, 5.74) is 6.70. The number of fused-ring (bicyclic) bond motifs is 1. The van der Waals surface area contributed by atoms with E-state index >= 15 is 0 Å². The molecule has 4 nitrogen and oxygen atoms in total. The maximum atomic E-state index is 4.63. The summed E-state index contributed by atoms with van der Waals surface area (Å²) in [6.45, 7) is 22.6. The van der Waals surface area contributed by atoms with E-state index in [4.69, 9.17) is 0 Å². The van der Waals surface area contributed by atoms with Crippen LogP contribution in [0.3, 0.4) is 0 Å². The summed E-state index contributed by atoms with van der Waals surface area (Å²) < 4.78 is 0. The minimum Gasteiger partial charge on any atom is -0.385 e. The van der Waals surface area contributed by atoms with Crippen LogP contribution in [0.25, 0.3) is 10.9 Å². The van der Waals surface area contributed by atoms with E-state index in [1.54, 1.807) is 0 Å². The third kappa shape index (κ3) is 15.0. The van der Waals surface area contributed by atoms with Crippen molar-refractivity contribution in [3.63, 3.8) is 0 Å². The number of rotatable bonds is 14. The maximum absolute atomic E-state index is 4.63. The van der Waals surface area contributed by atoms with Crippen LogP contribution in [0, 0.1) is 11.8 Å². The fourth-order valence-electron chi connectivity index (χ4n) is 6.43. The van der Waals surface area contributed by atoms with Gasteiger partial charge in [0, 0.05) is 39.7 Å². The van der Waals surface area contributed by atoms with Crippen LogP contribution >= 0.6 is 12.6 Å². The Morgan fingerprint density at radius 1 is 1.06 bits per heavy atom. The molecule has 1 aliphatic heterocycles. The first-order valence-electron chi connectivity index (χ1n) is 19.2. The summed E-state index contributed by atoms with van der Waals surface area (Å²) in [6.07, 6.45) is 28.6. The molecular weight excluding hydrogens is 605 g/mol. The molecule has 268 valence electrons. The molecule has 0 amide bonds. The lowest BCUT2D eigenvalue weighted by Gasteiger charge is -2.30. The summed E-state index contributed by atoms with van der Waals surface area (Å²) >= 11 is 4.63. The zero-order chi connectivity index (χ0) is 35.1. The smallest absolute Gasteiger partial charge is 0.0459 e. The molecule has 2 aromatic rings. The predicted octanol–water partition coefficient (Wildman–Crippen LogP) is 11.2. The molecule has 48 heavy (non-hydrogen) atoms. The topological polar surface area (TPSA) is 43.1 Å². The van der Waals surface area contributed by atoms with Crippen molar-refractivity contribution in [2.75, 3.05) is 39.8 Å². The zero-order valence-electron chi connectivity index (χ0n) is 31.7. The number of nitrogens with zero attached hydrogens (tertiary/aromatic N) is 1. The highest BCUT2D eigenvalue weighted by Crippen LogP contribution is 2.41. The molecule has 5 heteroatoms. The first kappa shape index (κ1) is 41.7. The quantitative estimate of drug-likeness (QED) is 0.0698. The summed E-state index contributed by atoms with van der Waals surface area (Å²) in [7, 11) is 2.03. The molecule has 1 aromatic heterocycles.